The van der Waals surface area contributed by atoms with E-state index in [2.05, 4.69) is 5.32 Å². The average molecular weight is 254 g/mol. The molecule has 5 nitrogen and oxygen atoms in total. The van der Waals surface area contributed by atoms with Gasteiger partial charge >= 0.3 is 0 Å². The molecule has 0 bridgehead atoms. The van der Waals surface area contributed by atoms with Crippen LogP contribution in [0.25, 0.3) is 0 Å². The minimum atomic E-state index is -0.0874. The first-order valence-corrected chi connectivity index (χ1v) is 6.88. The maximum atomic E-state index is 11.9. The van der Waals surface area contributed by atoms with Gasteiger partial charge in [0.15, 0.2) is 0 Å². The van der Waals surface area contributed by atoms with Crippen molar-refractivity contribution >= 4 is 11.8 Å². The van der Waals surface area contributed by atoms with E-state index in [4.69, 9.17) is 0 Å². The van der Waals surface area contributed by atoms with E-state index in [9.17, 15) is 14.7 Å². The Bertz CT molecular complexity index is 319. The van der Waals surface area contributed by atoms with E-state index in [0.29, 0.717) is 13.0 Å². The van der Waals surface area contributed by atoms with Crippen molar-refractivity contribution in [2.24, 2.45) is 5.92 Å². The number of rotatable bonds is 4. The van der Waals surface area contributed by atoms with E-state index in [1.54, 1.807) is 4.90 Å². The van der Waals surface area contributed by atoms with Crippen LogP contribution in [0.15, 0.2) is 0 Å². The maximum absolute atomic E-state index is 11.9. The lowest BCUT2D eigenvalue weighted by molar-refractivity contribution is -0.133. The Morgan fingerprint density at radius 3 is 2.78 bits per heavy atom. The van der Waals surface area contributed by atoms with Crippen LogP contribution in [0, 0.1) is 5.92 Å². The molecule has 2 fully saturated rings. The van der Waals surface area contributed by atoms with Crippen molar-refractivity contribution in [1.82, 2.24) is 10.2 Å². The first-order valence-electron chi connectivity index (χ1n) is 6.88. The number of hydrogen-bond acceptors (Lipinski definition) is 3. The highest BCUT2D eigenvalue weighted by Crippen LogP contribution is 2.23. The lowest BCUT2D eigenvalue weighted by Crippen LogP contribution is -2.47. The van der Waals surface area contributed by atoms with Crippen LogP contribution in [0.2, 0.25) is 0 Å². The molecule has 2 atom stereocenters. The van der Waals surface area contributed by atoms with Gasteiger partial charge < -0.3 is 15.3 Å². The van der Waals surface area contributed by atoms with E-state index in [0.717, 1.165) is 32.1 Å². The summed E-state index contributed by atoms with van der Waals surface area (Å²) in [6.07, 6.45) is 5.56. The van der Waals surface area contributed by atoms with E-state index in [1.165, 1.54) is 0 Å². The predicted octanol–water partition coefficient (Wildman–Crippen LogP) is 0.276. The van der Waals surface area contributed by atoms with Crippen LogP contribution in [-0.2, 0) is 9.59 Å². The van der Waals surface area contributed by atoms with Gasteiger partial charge in [0.25, 0.3) is 0 Å². The monoisotopic (exact) mass is 254 g/mol. The molecule has 0 radical (unpaired) electrons. The molecule has 1 heterocycles. The second-order valence-corrected chi connectivity index (χ2v) is 5.32. The molecule has 5 heteroatoms. The smallest absolute Gasteiger partial charge is 0.239 e. The van der Waals surface area contributed by atoms with Crippen molar-refractivity contribution in [3.05, 3.63) is 0 Å². The number of carbonyl (C=O) groups is 2. The van der Waals surface area contributed by atoms with Crippen molar-refractivity contribution in [3.8, 4) is 0 Å². The number of hydrogen-bond donors (Lipinski definition) is 2. The predicted molar refractivity (Wildman–Crippen MR) is 66.8 cm³/mol. The van der Waals surface area contributed by atoms with Gasteiger partial charge in [0, 0.05) is 31.5 Å². The van der Waals surface area contributed by atoms with Crippen LogP contribution >= 0.6 is 0 Å². The fraction of sp³-hybridized carbons (Fsp3) is 0.846. The van der Waals surface area contributed by atoms with Crippen LogP contribution in [0.5, 0.6) is 0 Å². The third-order valence-electron chi connectivity index (χ3n) is 4.00. The molecule has 2 unspecified atom stereocenters. The maximum Gasteiger partial charge on any atom is 0.239 e. The van der Waals surface area contributed by atoms with Gasteiger partial charge in [-0.05, 0) is 19.3 Å². The summed E-state index contributed by atoms with van der Waals surface area (Å²) in [6, 6.07) is 0.0777. The minimum Gasteiger partial charge on any atom is -0.396 e. The summed E-state index contributed by atoms with van der Waals surface area (Å²) >= 11 is 0. The van der Waals surface area contributed by atoms with Gasteiger partial charge in [0.05, 0.1) is 6.54 Å². The zero-order chi connectivity index (χ0) is 13.0. The van der Waals surface area contributed by atoms with Gasteiger partial charge in [-0.15, -0.1) is 0 Å². The summed E-state index contributed by atoms with van der Waals surface area (Å²) in [4.78, 5) is 24.9. The molecule has 0 aromatic heterocycles. The first-order chi connectivity index (χ1) is 8.70. The van der Waals surface area contributed by atoms with Gasteiger partial charge in [-0.3, -0.25) is 9.59 Å². The zero-order valence-corrected chi connectivity index (χ0v) is 10.7. The van der Waals surface area contributed by atoms with Crippen molar-refractivity contribution in [2.45, 2.75) is 44.6 Å². The molecular weight excluding hydrogens is 232 g/mol. The minimum absolute atomic E-state index is 0.0764. The first kappa shape index (κ1) is 13.3. The Hall–Kier alpha value is -1.10. The summed E-state index contributed by atoms with van der Waals surface area (Å²) in [5.41, 5.74) is 0. The molecule has 2 N–H and O–H groups in total. The molecular formula is C13H22N2O3. The highest BCUT2D eigenvalue weighted by molar-refractivity contribution is 5.85. The van der Waals surface area contributed by atoms with Crippen LogP contribution in [0.1, 0.15) is 38.5 Å². The standard InChI is InChI=1S/C13H22N2O3/c16-9-10-4-1-2-5-11(10)14-12(17)8-15-7-3-6-13(15)18/h10-11,16H,1-9H2,(H,14,17). The summed E-state index contributed by atoms with van der Waals surface area (Å²) in [7, 11) is 0. The topological polar surface area (TPSA) is 69.6 Å². The van der Waals surface area contributed by atoms with Crippen molar-refractivity contribution in [1.29, 1.82) is 0 Å². The van der Waals surface area contributed by atoms with Crippen molar-refractivity contribution in [2.75, 3.05) is 19.7 Å². The molecule has 2 amide bonds. The number of nitrogens with zero attached hydrogens (tertiary/aromatic N) is 1. The number of likely N-dealkylation sites (tertiary alicyclic amines) is 1. The molecule has 2 aliphatic rings. The normalized spacial score (nSPS) is 28.5. The second-order valence-electron chi connectivity index (χ2n) is 5.32. The lowest BCUT2D eigenvalue weighted by Gasteiger charge is -2.31. The molecule has 1 saturated carbocycles. The lowest BCUT2D eigenvalue weighted by atomic mass is 9.85. The van der Waals surface area contributed by atoms with E-state index in [-0.39, 0.29) is 36.9 Å². The fourth-order valence-corrected chi connectivity index (χ4v) is 2.91. The molecule has 0 aromatic carbocycles. The Balaban J connectivity index is 1.80. The van der Waals surface area contributed by atoms with E-state index >= 15 is 0 Å². The summed E-state index contributed by atoms with van der Waals surface area (Å²) < 4.78 is 0. The Kier molecular flexibility index (Phi) is 4.58. The second kappa shape index (κ2) is 6.18. The van der Waals surface area contributed by atoms with Crippen molar-refractivity contribution < 1.29 is 14.7 Å². The van der Waals surface area contributed by atoms with Crippen LogP contribution in [0.4, 0.5) is 0 Å². The Morgan fingerprint density at radius 2 is 2.11 bits per heavy atom. The molecule has 18 heavy (non-hydrogen) atoms. The number of aliphatic hydroxyl groups is 1. The number of aliphatic hydroxyl groups excluding tert-OH is 1. The van der Waals surface area contributed by atoms with E-state index in [1.807, 2.05) is 0 Å². The molecule has 2 rings (SSSR count). The molecule has 0 spiro atoms. The largest absolute Gasteiger partial charge is 0.396 e. The average Bonchev–Trinajstić information content (AvgIpc) is 2.75. The zero-order valence-electron chi connectivity index (χ0n) is 10.7. The number of amides is 2. The fourth-order valence-electron chi connectivity index (χ4n) is 2.91. The summed E-state index contributed by atoms with van der Waals surface area (Å²) in [5, 5.41) is 12.3. The van der Waals surface area contributed by atoms with Gasteiger partial charge in [-0.2, -0.15) is 0 Å². The summed E-state index contributed by atoms with van der Waals surface area (Å²) in [5.74, 6) is 0.167. The highest BCUT2D eigenvalue weighted by Gasteiger charge is 2.28. The van der Waals surface area contributed by atoms with E-state index < -0.39 is 0 Å². The van der Waals surface area contributed by atoms with Gasteiger partial charge in [-0.1, -0.05) is 12.8 Å². The molecule has 1 aliphatic heterocycles. The third-order valence-corrected chi connectivity index (χ3v) is 4.00. The Morgan fingerprint density at radius 1 is 1.33 bits per heavy atom. The van der Waals surface area contributed by atoms with Crippen molar-refractivity contribution in [3.63, 3.8) is 0 Å². The van der Waals surface area contributed by atoms with Crippen LogP contribution in [-0.4, -0.2) is 47.6 Å². The molecule has 0 aromatic rings. The molecule has 1 saturated heterocycles. The molecule has 1 aliphatic carbocycles. The SMILES string of the molecule is O=C(CN1CCCC1=O)NC1CCCCC1CO. The quantitative estimate of drug-likeness (QED) is 0.757. The van der Waals surface area contributed by atoms with Gasteiger partial charge in [0.1, 0.15) is 0 Å². The Labute approximate surface area is 108 Å². The van der Waals surface area contributed by atoms with Gasteiger partial charge in [-0.25, -0.2) is 0 Å². The van der Waals surface area contributed by atoms with Gasteiger partial charge in [0.2, 0.25) is 11.8 Å². The summed E-state index contributed by atoms with van der Waals surface area (Å²) in [6.45, 7) is 1.00. The third kappa shape index (κ3) is 3.22. The number of nitrogens with one attached hydrogen (secondary N) is 1. The van der Waals surface area contributed by atoms with Crippen LogP contribution in [0.3, 0.4) is 0 Å². The van der Waals surface area contributed by atoms with Crippen LogP contribution < -0.4 is 5.32 Å². The highest BCUT2D eigenvalue weighted by atomic mass is 16.3. The molecule has 102 valence electrons. The number of carbonyl (C=O) groups excluding carboxylic acids is 2.